The number of nitrogens with zero attached hydrogens (tertiary/aromatic N) is 10. The normalized spacial score (nSPS) is 11.3. The fraction of sp³-hybridized carbons (Fsp3) is 0.0746. The van der Waals surface area contributed by atoms with E-state index in [1.807, 2.05) is 0 Å². The summed E-state index contributed by atoms with van der Waals surface area (Å²) in [5.41, 5.74) is 6.50. The summed E-state index contributed by atoms with van der Waals surface area (Å²) in [7, 11) is 0. The molecular formula is C67H47F15N16O5. The second-order valence-corrected chi connectivity index (χ2v) is 20.6. The smallest absolute Gasteiger partial charge is 0.397 e. The van der Waals surface area contributed by atoms with Gasteiger partial charge >= 0.3 is 30.9 Å². The summed E-state index contributed by atoms with van der Waals surface area (Å²) >= 11 is 0. The number of pyridine rings is 6. The average Bonchev–Trinajstić information content (AvgIpc) is 1.62. The largest absolute Gasteiger partial charge is 0.416 e. The average molecular weight is 1440 g/mol. The number of aromatic nitrogens is 8. The number of carbonyl (C=O) groups excluding carboxylic acids is 1. The highest BCUT2D eigenvalue weighted by atomic mass is 19.4. The number of nitrogen functional groups attached to an aromatic ring is 2. The Bertz CT molecular complexity index is 4850. The second-order valence-electron chi connectivity index (χ2n) is 20.6. The van der Waals surface area contributed by atoms with Crippen molar-refractivity contribution in [3.8, 4) is 17.3 Å². The number of nitrogens with one attached hydrogen (secondary N) is 4. The molecular weight excluding hydrogens is 1390 g/mol. The number of nitro groups is 2. The molecule has 0 fully saturated rings. The molecule has 0 bridgehead atoms. The molecule has 0 saturated heterocycles. The fourth-order valence-corrected chi connectivity index (χ4v) is 8.68. The summed E-state index contributed by atoms with van der Waals surface area (Å²) in [5.74, 6) is 1.63. The molecule has 0 aliphatic rings. The molecule has 0 saturated carbocycles. The Morgan fingerprint density at radius 3 is 1.25 bits per heavy atom. The van der Waals surface area contributed by atoms with Crippen LogP contribution in [-0.2, 0) is 30.9 Å². The van der Waals surface area contributed by atoms with Crippen molar-refractivity contribution in [2.45, 2.75) is 30.9 Å². The van der Waals surface area contributed by atoms with Crippen LogP contribution in [0.5, 0.6) is 0 Å². The van der Waals surface area contributed by atoms with Crippen LogP contribution < -0.4 is 32.7 Å². The highest BCUT2D eigenvalue weighted by Crippen LogP contribution is 2.40. The van der Waals surface area contributed by atoms with Crippen LogP contribution in [0.1, 0.15) is 38.3 Å². The third-order valence-electron chi connectivity index (χ3n) is 13.5. The number of halogens is 15. The first-order valence-electron chi connectivity index (χ1n) is 29.0. The zero-order valence-corrected chi connectivity index (χ0v) is 51.9. The highest BCUT2D eigenvalue weighted by Gasteiger charge is 2.36. The third-order valence-corrected chi connectivity index (χ3v) is 13.5. The summed E-state index contributed by atoms with van der Waals surface area (Å²) < 4.78 is 191. The molecule has 103 heavy (non-hydrogen) atoms. The number of carbonyl (C=O) groups is 1. The summed E-state index contributed by atoms with van der Waals surface area (Å²) in [6.07, 6.45) is -13.4. The Labute approximate surface area is 570 Å². The monoisotopic (exact) mass is 1440 g/mol. The highest BCUT2D eigenvalue weighted by molar-refractivity contribution is 6.05. The fourth-order valence-electron chi connectivity index (χ4n) is 8.68. The van der Waals surface area contributed by atoms with E-state index in [1.165, 1.54) is 36.7 Å². The van der Waals surface area contributed by atoms with Crippen molar-refractivity contribution in [1.82, 2.24) is 39.5 Å². The SMILES string of the molecule is FC(F)(F)c1ccc2c(c1)nc(-c1ccccn1)n2-c1ccccn1.Nc1cc(C(F)(F)F)ccc1Nc1ccccn1.Nc1ccc(C(F)(F)F)cc1[N+](=O)[O-].O=C(Nc1cc(C(F)(F)F)ccc1Nc1ccccn1)c1ccccn1.O=[N+]([O-])c1cc(C(F)(F)F)ccc1Nc1ccccn1. The maximum absolute atomic E-state index is 13.0. The maximum Gasteiger partial charge on any atom is 0.416 e. The number of benzene rings is 5. The van der Waals surface area contributed by atoms with Crippen LogP contribution in [0.25, 0.3) is 28.4 Å². The van der Waals surface area contributed by atoms with Crippen LogP contribution >= 0.6 is 0 Å². The summed E-state index contributed by atoms with van der Waals surface area (Å²) in [6, 6.07) is 44.4. The third kappa shape index (κ3) is 21.1. The van der Waals surface area contributed by atoms with E-state index in [4.69, 9.17) is 11.5 Å². The van der Waals surface area contributed by atoms with Crippen LogP contribution in [0, 0.1) is 20.2 Å². The number of alkyl halides is 15. The van der Waals surface area contributed by atoms with Crippen LogP contribution in [0.2, 0.25) is 0 Å². The molecule has 1 amide bonds. The number of imidazole rings is 1. The Balaban J connectivity index is 0.000000166. The molecule has 0 unspecified atom stereocenters. The predicted octanol–water partition coefficient (Wildman–Crippen LogP) is 18.4. The van der Waals surface area contributed by atoms with Crippen molar-refractivity contribution in [3.63, 3.8) is 0 Å². The zero-order chi connectivity index (χ0) is 74.9. The van der Waals surface area contributed by atoms with E-state index >= 15 is 0 Å². The van der Waals surface area contributed by atoms with E-state index < -0.39 is 85.8 Å². The van der Waals surface area contributed by atoms with Gasteiger partial charge in [-0.2, -0.15) is 65.9 Å². The molecule has 530 valence electrons. The molecule has 12 rings (SSSR count). The van der Waals surface area contributed by atoms with Crippen LogP contribution in [0.3, 0.4) is 0 Å². The quantitative estimate of drug-likeness (QED) is 0.0287. The number of nitrogens with two attached hydrogens (primary N) is 2. The molecule has 0 aliphatic heterocycles. The van der Waals surface area contributed by atoms with Crippen LogP contribution in [0.15, 0.2) is 237 Å². The first-order valence-corrected chi connectivity index (χ1v) is 29.0. The summed E-state index contributed by atoms with van der Waals surface area (Å²) in [4.78, 5) is 60.4. The Kier molecular flexibility index (Phi) is 23.9. The first-order chi connectivity index (χ1) is 48.6. The van der Waals surface area contributed by atoms with Gasteiger partial charge in [0.25, 0.3) is 17.3 Å². The van der Waals surface area contributed by atoms with Gasteiger partial charge in [0.2, 0.25) is 0 Å². The Morgan fingerprint density at radius 2 is 0.796 bits per heavy atom. The number of nitro benzene ring substituents is 2. The molecule has 0 spiro atoms. The first kappa shape index (κ1) is 75.5. The van der Waals surface area contributed by atoms with E-state index in [0.717, 1.165) is 54.6 Å². The number of rotatable bonds is 12. The van der Waals surface area contributed by atoms with Crippen LogP contribution in [0.4, 0.5) is 129 Å². The lowest BCUT2D eigenvalue weighted by Gasteiger charge is -2.15. The second kappa shape index (κ2) is 32.6. The standard InChI is InChI=1S/C18H13F3N4O.C18H11F3N4.C12H8F3N3O2.C12H10F3N3.C7H5F3N2O2/c19-18(20,21)12-7-8-13(24-16-6-2-4-10-23-16)15(11-12)25-17(26)14-5-1-3-9-22-14;19-18(20,21)12-7-8-15-14(11-12)24-17(13-5-1-3-9-22-13)25(15)16-6-2-4-10-23-16;13-12(14,15)8-4-5-9(10(7-8)18(19)20)17-11-3-1-2-6-16-11;13-12(14,15)8-4-5-10(9(16)7-8)18-11-3-1-2-6-17-11;8-7(9,10)4-1-2-5(11)6(3-4)12(13)14/h1-11H,(H,23,24)(H,25,26);1-11H;1-7H,(H,16,17);1-7H,16H2,(H,17,18);1-3H,11H2. The number of hydrogen-bond acceptors (Lipinski definition) is 17. The zero-order valence-electron chi connectivity index (χ0n) is 51.9. The van der Waals surface area contributed by atoms with Gasteiger partial charge in [0, 0.05) is 49.3 Å². The van der Waals surface area contributed by atoms with Crippen molar-refractivity contribution in [2.24, 2.45) is 0 Å². The molecule has 36 heteroatoms. The number of anilines is 9. The lowest BCUT2D eigenvalue weighted by molar-refractivity contribution is -0.384. The van der Waals surface area contributed by atoms with Gasteiger partial charge in [-0.25, -0.2) is 24.9 Å². The number of hydrogen-bond donors (Lipinski definition) is 6. The molecule has 0 atom stereocenters. The van der Waals surface area contributed by atoms with Gasteiger partial charge in [-0.3, -0.25) is 39.6 Å². The van der Waals surface area contributed by atoms with Crippen molar-refractivity contribution in [3.05, 3.63) is 291 Å². The number of fused-ring (bicyclic) bond motifs is 1. The predicted molar refractivity (Wildman–Crippen MR) is 350 cm³/mol. The van der Waals surface area contributed by atoms with Gasteiger partial charge < -0.3 is 32.7 Å². The molecule has 8 N–H and O–H groups in total. The molecule has 7 aromatic heterocycles. The number of amides is 1. The van der Waals surface area contributed by atoms with E-state index in [1.54, 1.807) is 132 Å². The van der Waals surface area contributed by atoms with Crippen molar-refractivity contribution < 1.29 is 80.5 Å². The maximum atomic E-state index is 13.0. The molecule has 0 radical (unpaired) electrons. The van der Waals surface area contributed by atoms with Crippen LogP contribution in [-0.4, -0.2) is 55.2 Å². The van der Waals surface area contributed by atoms with Gasteiger partial charge in [-0.15, -0.1) is 0 Å². The van der Waals surface area contributed by atoms with Crippen molar-refractivity contribution in [2.75, 3.05) is 32.7 Å². The molecule has 7 heterocycles. The minimum atomic E-state index is -4.63. The lowest BCUT2D eigenvalue weighted by Crippen LogP contribution is -2.15. The van der Waals surface area contributed by atoms with Gasteiger partial charge in [0.15, 0.2) is 5.82 Å². The Hall–Kier alpha value is -13.3. The van der Waals surface area contributed by atoms with Gasteiger partial charge in [-0.05, 0) is 152 Å². The Morgan fingerprint density at radius 1 is 0.388 bits per heavy atom. The van der Waals surface area contributed by atoms with Gasteiger partial charge in [0.1, 0.15) is 46.0 Å². The van der Waals surface area contributed by atoms with E-state index in [0.29, 0.717) is 64.2 Å². The van der Waals surface area contributed by atoms with E-state index in [2.05, 4.69) is 56.2 Å². The molecule has 21 nitrogen and oxygen atoms in total. The van der Waals surface area contributed by atoms with Crippen molar-refractivity contribution in [1.29, 1.82) is 0 Å². The minimum Gasteiger partial charge on any atom is -0.397 e. The topological polar surface area (TPSA) is 299 Å². The minimum absolute atomic E-state index is 0.0236. The van der Waals surface area contributed by atoms with E-state index in [9.17, 15) is 90.9 Å². The lowest BCUT2D eigenvalue weighted by atomic mass is 10.1. The summed E-state index contributed by atoms with van der Waals surface area (Å²) in [5, 5.41) is 32.0. The molecule has 5 aromatic carbocycles. The van der Waals surface area contributed by atoms with Gasteiger partial charge in [-0.1, -0.05) is 36.4 Å². The van der Waals surface area contributed by atoms with Crippen molar-refractivity contribution >= 4 is 79.9 Å². The van der Waals surface area contributed by atoms with E-state index in [-0.39, 0.29) is 39.6 Å². The molecule has 0 aliphatic carbocycles. The molecule has 12 aromatic rings. The van der Waals surface area contributed by atoms with Gasteiger partial charge in [0.05, 0.1) is 71.4 Å². The summed E-state index contributed by atoms with van der Waals surface area (Å²) in [6.45, 7) is 0.